The van der Waals surface area contributed by atoms with Crippen molar-refractivity contribution in [2.45, 2.75) is 33.3 Å². The third kappa shape index (κ3) is 7.18. The molecule has 1 aliphatic carbocycles. The Morgan fingerprint density at radius 2 is 1.73 bits per heavy atom. The highest BCUT2D eigenvalue weighted by Crippen LogP contribution is 2.42. The Bertz CT molecular complexity index is 1520. The summed E-state index contributed by atoms with van der Waals surface area (Å²) in [5.41, 5.74) is 2.30. The number of carbonyl (C=O) groups is 2. The lowest BCUT2D eigenvalue weighted by Gasteiger charge is -2.19. The van der Waals surface area contributed by atoms with E-state index in [-0.39, 0.29) is 18.6 Å². The number of amides is 1. The molecule has 0 spiro atoms. The average Bonchev–Trinajstić information content (AvgIpc) is 2.90. The van der Waals surface area contributed by atoms with Gasteiger partial charge in [-0.3, -0.25) is 4.79 Å². The van der Waals surface area contributed by atoms with Crippen LogP contribution in [0.2, 0.25) is 0 Å². The normalized spacial score (nSPS) is 11.4. The lowest BCUT2D eigenvalue weighted by molar-refractivity contribution is 0.0486. The molecule has 9 nitrogen and oxygen atoms in total. The monoisotopic (exact) mass is 547 g/mol. The molecule has 9 heteroatoms. The maximum atomic E-state index is 12.8. The Morgan fingerprint density at radius 1 is 0.925 bits per heavy atom. The number of hydrogen-bond acceptors (Lipinski definition) is 8. The van der Waals surface area contributed by atoms with Crippen molar-refractivity contribution in [3.63, 3.8) is 0 Å². The zero-order valence-corrected chi connectivity index (χ0v) is 23.1. The Labute approximate surface area is 232 Å². The third-order valence-electron chi connectivity index (χ3n) is 5.77. The van der Waals surface area contributed by atoms with Gasteiger partial charge in [0.15, 0.2) is 5.43 Å². The zero-order valence-electron chi connectivity index (χ0n) is 23.1. The van der Waals surface area contributed by atoms with Crippen LogP contribution in [0.1, 0.15) is 38.1 Å². The zero-order chi connectivity index (χ0) is 28.7. The lowest BCUT2D eigenvalue weighted by atomic mass is 9.91. The van der Waals surface area contributed by atoms with Gasteiger partial charge in [-0.2, -0.15) is 0 Å². The number of esters is 1. The Morgan fingerprint density at radius 3 is 2.50 bits per heavy atom. The minimum atomic E-state index is -0.556. The predicted octanol–water partition coefficient (Wildman–Crippen LogP) is 5.66. The van der Waals surface area contributed by atoms with Crippen LogP contribution in [0.25, 0.3) is 33.4 Å². The van der Waals surface area contributed by atoms with E-state index in [9.17, 15) is 14.4 Å². The smallest absolute Gasteiger partial charge is 0.407 e. The van der Waals surface area contributed by atoms with Crippen molar-refractivity contribution in [2.75, 3.05) is 33.0 Å². The van der Waals surface area contributed by atoms with E-state index in [0.717, 1.165) is 10.9 Å². The molecule has 0 radical (unpaired) electrons. The highest BCUT2D eigenvalue weighted by molar-refractivity contribution is 6.07. The quantitative estimate of drug-likeness (QED) is 0.154. The van der Waals surface area contributed by atoms with Gasteiger partial charge in [0.2, 0.25) is 0 Å². The van der Waals surface area contributed by atoms with Crippen LogP contribution >= 0.6 is 0 Å². The average molecular weight is 548 g/mol. The summed E-state index contributed by atoms with van der Waals surface area (Å²) in [5.74, 6) is 0.516. The van der Waals surface area contributed by atoms with E-state index in [0.29, 0.717) is 53.5 Å². The Kier molecular flexibility index (Phi) is 9.06. The van der Waals surface area contributed by atoms with Gasteiger partial charge in [-0.15, -0.1) is 0 Å². The first kappa shape index (κ1) is 28.6. The molecule has 0 fully saturated rings. The van der Waals surface area contributed by atoms with Gasteiger partial charge in [0.1, 0.15) is 29.3 Å². The SMILES string of the molecule is CCOC(=O)c1ccccc1-c1c2ccc(=O)cc-2oc2cc(OCCOCCNC(=O)OC(C)(C)C)ccc12. The highest BCUT2D eigenvalue weighted by atomic mass is 16.6. The van der Waals surface area contributed by atoms with Crippen LogP contribution in [0.5, 0.6) is 5.75 Å². The van der Waals surface area contributed by atoms with Crippen LogP contribution in [0.4, 0.5) is 4.79 Å². The fourth-order valence-electron chi connectivity index (χ4n) is 4.18. The minimum Gasteiger partial charge on any atom is -0.491 e. The number of carbonyl (C=O) groups excluding carboxylic acids is 2. The summed E-state index contributed by atoms with van der Waals surface area (Å²) in [6.45, 7) is 8.61. The standard InChI is InChI=1S/C31H33NO8/c1-5-37-29(34)23-9-7-6-8-22(23)28-24-12-10-20(33)18-26(24)39-27-19-21(11-13-25(27)28)38-17-16-36-15-14-32-30(35)40-31(2,3)4/h6-13,18-19H,5,14-17H2,1-4H3,(H,32,35). The molecule has 1 heterocycles. The second kappa shape index (κ2) is 12.7. The molecule has 0 saturated heterocycles. The van der Waals surface area contributed by atoms with Crippen molar-refractivity contribution in [1.29, 1.82) is 0 Å². The van der Waals surface area contributed by atoms with Gasteiger partial charge in [0.25, 0.3) is 0 Å². The predicted molar refractivity (Wildman–Crippen MR) is 151 cm³/mol. The van der Waals surface area contributed by atoms with Gasteiger partial charge < -0.3 is 28.7 Å². The van der Waals surface area contributed by atoms with E-state index in [2.05, 4.69) is 5.32 Å². The molecule has 2 aliphatic rings. The van der Waals surface area contributed by atoms with Gasteiger partial charge in [0.05, 0.1) is 25.4 Å². The van der Waals surface area contributed by atoms with Crippen molar-refractivity contribution < 1.29 is 33.0 Å². The lowest BCUT2D eigenvalue weighted by Crippen LogP contribution is -2.34. The molecule has 1 aliphatic heterocycles. The van der Waals surface area contributed by atoms with Crippen molar-refractivity contribution in [1.82, 2.24) is 5.32 Å². The van der Waals surface area contributed by atoms with Crippen LogP contribution in [0.3, 0.4) is 0 Å². The molecule has 0 atom stereocenters. The fraction of sp³-hybridized carbons (Fsp3) is 0.323. The van der Waals surface area contributed by atoms with Crippen LogP contribution in [-0.4, -0.2) is 50.6 Å². The minimum absolute atomic E-state index is 0.189. The summed E-state index contributed by atoms with van der Waals surface area (Å²) in [7, 11) is 0. The molecular formula is C31H33NO8. The van der Waals surface area contributed by atoms with E-state index >= 15 is 0 Å². The van der Waals surface area contributed by atoms with Gasteiger partial charge >= 0.3 is 12.1 Å². The van der Waals surface area contributed by atoms with Crippen molar-refractivity contribution in [2.24, 2.45) is 0 Å². The first-order chi connectivity index (χ1) is 19.2. The maximum Gasteiger partial charge on any atom is 0.407 e. The first-order valence-corrected chi connectivity index (χ1v) is 13.1. The van der Waals surface area contributed by atoms with E-state index in [1.165, 1.54) is 12.1 Å². The van der Waals surface area contributed by atoms with Crippen LogP contribution in [0.15, 0.2) is 69.9 Å². The highest BCUT2D eigenvalue weighted by Gasteiger charge is 2.22. The number of hydrogen-bond donors (Lipinski definition) is 1. The molecule has 0 saturated carbocycles. The van der Waals surface area contributed by atoms with E-state index in [1.54, 1.807) is 52.0 Å². The number of ether oxygens (including phenoxy) is 4. The van der Waals surface area contributed by atoms with Gasteiger partial charge in [-0.25, -0.2) is 9.59 Å². The number of benzene rings is 3. The third-order valence-corrected chi connectivity index (χ3v) is 5.77. The summed E-state index contributed by atoms with van der Waals surface area (Å²) in [6.07, 6.45) is -0.492. The van der Waals surface area contributed by atoms with Crippen molar-refractivity contribution >= 4 is 23.0 Å². The molecule has 1 amide bonds. The molecule has 2 aromatic carbocycles. The van der Waals surface area contributed by atoms with Gasteiger partial charge in [-0.05, 0) is 63.6 Å². The molecule has 0 bridgehead atoms. The molecule has 0 unspecified atom stereocenters. The van der Waals surface area contributed by atoms with E-state index < -0.39 is 17.7 Å². The van der Waals surface area contributed by atoms with Crippen LogP contribution in [-0.2, 0) is 14.2 Å². The van der Waals surface area contributed by atoms with Crippen molar-refractivity contribution in [3.8, 4) is 28.2 Å². The summed E-state index contributed by atoms with van der Waals surface area (Å²) < 4.78 is 28.0. The van der Waals surface area contributed by atoms with E-state index in [1.807, 2.05) is 24.3 Å². The molecular weight excluding hydrogens is 514 g/mol. The largest absolute Gasteiger partial charge is 0.491 e. The number of rotatable bonds is 10. The molecule has 1 N–H and O–H groups in total. The molecule has 40 heavy (non-hydrogen) atoms. The summed E-state index contributed by atoms with van der Waals surface area (Å²) >= 11 is 0. The second-order valence-electron chi connectivity index (χ2n) is 9.95. The number of nitrogens with one attached hydrogen (secondary N) is 1. The maximum absolute atomic E-state index is 12.8. The van der Waals surface area contributed by atoms with Crippen molar-refractivity contribution in [3.05, 3.63) is 76.5 Å². The fourth-order valence-corrected chi connectivity index (χ4v) is 4.18. The number of alkyl carbamates (subject to hydrolysis) is 1. The molecule has 210 valence electrons. The van der Waals surface area contributed by atoms with Gasteiger partial charge in [-0.1, -0.05) is 18.2 Å². The Balaban J connectivity index is 1.52. The molecule has 4 rings (SSSR count). The van der Waals surface area contributed by atoms with Gasteiger partial charge in [0, 0.05) is 35.2 Å². The molecule has 2 aromatic rings. The Hall–Kier alpha value is -4.37. The second-order valence-corrected chi connectivity index (χ2v) is 9.95. The first-order valence-electron chi connectivity index (χ1n) is 13.1. The van der Waals surface area contributed by atoms with Crippen LogP contribution < -0.4 is 15.5 Å². The molecule has 0 aromatic heterocycles. The van der Waals surface area contributed by atoms with E-state index in [4.69, 9.17) is 23.4 Å². The summed E-state index contributed by atoms with van der Waals surface area (Å²) in [6, 6.07) is 17.2. The topological polar surface area (TPSA) is 113 Å². The summed E-state index contributed by atoms with van der Waals surface area (Å²) in [4.78, 5) is 36.6. The van der Waals surface area contributed by atoms with Crippen LogP contribution in [0, 0.1) is 0 Å². The number of fused-ring (bicyclic) bond motifs is 2. The summed E-state index contributed by atoms with van der Waals surface area (Å²) in [5, 5.41) is 3.38.